The Morgan fingerprint density at radius 1 is 0.943 bits per heavy atom. The van der Waals surface area contributed by atoms with Gasteiger partial charge in [0.15, 0.2) is 0 Å². The fourth-order valence-corrected chi connectivity index (χ4v) is 5.37. The van der Waals surface area contributed by atoms with Gasteiger partial charge in [-0.25, -0.2) is 13.2 Å². The smallest absolute Gasteiger partial charge is 0.416 e. The molecule has 11 heteroatoms. The molecule has 0 unspecified atom stereocenters. The number of benzene rings is 3. The standard InChI is InChI=1S/C24H19F3N2O5S/c25-24(26,27)18-4-1-5-20(14-18)35(33,34)29-12-2-3-15-6-7-17(13-21(15)29)22(30)28-19-10-8-16(9-11-19)23(31)32/h1,4-11,13-14H,2-3,12H2,(H,28,30)(H,31,32). The van der Waals surface area contributed by atoms with E-state index in [4.69, 9.17) is 5.11 Å². The molecule has 1 aliphatic heterocycles. The second-order valence-corrected chi connectivity index (χ2v) is 9.75. The van der Waals surface area contributed by atoms with E-state index < -0.39 is 38.5 Å². The van der Waals surface area contributed by atoms with Gasteiger partial charge in [-0.1, -0.05) is 12.1 Å². The van der Waals surface area contributed by atoms with E-state index in [0.29, 0.717) is 30.2 Å². The lowest BCUT2D eigenvalue weighted by atomic mass is 10.0. The molecule has 0 fully saturated rings. The van der Waals surface area contributed by atoms with Gasteiger partial charge in [0.1, 0.15) is 0 Å². The third-order valence-electron chi connectivity index (χ3n) is 5.56. The number of rotatable bonds is 5. The van der Waals surface area contributed by atoms with E-state index >= 15 is 0 Å². The highest BCUT2D eigenvalue weighted by Crippen LogP contribution is 2.35. The molecule has 35 heavy (non-hydrogen) atoms. The van der Waals surface area contributed by atoms with Crippen molar-refractivity contribution in [3.63, 3.8) is 0 Å². The maximum absolute atomic E-state index is 13.3. The van der Waals surface area contributed by atoms with Crippen LogP contribution in [0, 0.1) is 0 Å². The van der Waals surface area contributed by atoms with E-state index in [1.54, 1.807) is 6.07 Å². The number of alkyl halides is 3. The summed E-state index contributed by atoms with van der Waals surface area (Å²) < 4.78 is 67.0. The van der Waals surface area contributed by atoms with Gasteiger partial charge >= 0.3 is 12.1 Å². The Morgan fingerprint density at radius 3 is 2.29 bits per heavy atom. The van der Waals surface area contributed by atoms with E-state index in [0.717, 1.165) is 22.5 Å². The summed E-state index contributed by atoms with van der Waals surface area (Å²) in [6.07, 6.45) is -3.69. The van der Waals surface area contributed by atoms with Gasteiger partial charge in [-0.15, -0.1) is 0 Å². The van der Waals surface area contributed by atoms with E-state index in [9.17, 15) is 31.2 Å². The van der Waals surface area contributed by atoms with Gasteiger partial charge in [0.05, 0.1) is 21.7 Å². The second kappa shape index (κ2) is 9.06. The number of carbonyl (C=O) groups excluding carboxylic acids is 1. The number of sulfonamides is 1. The van der Waals surface area contributed by atoms with Gasteiger partial charge < -0.3 is 10.4 Å². The number of anilines is 2. The Kier molecular flexibility index (Phi) is 6.28. The lowest BCUT2D eigenvalue weighted by Gasteiger charge is -2.31. The van der Waals surface area contributed by atoms with Crippen LogP contribution in [0.3, 0.4) is 0 Å². The van der Waals surface area contributed by atoms with Crippen molar-refractivity contribution in [1.82, 2.24) is 0 Å². The third-order valence-corrected chi connectivity index (χ3v) is 7.37. The van der Waals surface area contributed by atoms with Crippen molar-refractivity contribution in [2.24, 2.45) is 0 Å². The minimum Gasteiger partial charge on any atom is -0.478 e. The molecule has 3 aromatic carbocycles. The van der Waals surface area contributed by atoms with Gasteiger partial charge in [-0.3, -0.25) is 9.10 Å². The largest absolute Gasteiger partial charge is 0.478 e. The van der Waals surface area contributed by atoms with Crippen molar-refractivity contribution in [3.05, 3.63) is 89.0 Å². The first-order valence-corrected chi connectivity index (χ1v) is 11.9. The molecule has 182 valence electrons. The zero-order valence-corrected chi connectivity index (χ0v) is 18.9. The summed E-state index contributed by atoms with van der Waals surface area (Å²) in [4.78, 5) is 23.3. The van der Waals surface area contributed by atoms with Crippen LogP contribution in [0.4, 0.5) is 24.5 Å². The Labute approximate surface area is 198 Å². The molecule has 0 bridgehead atoms. The van der Waals surface area contributed by atoms with E-state index in [1.807, 2.05) is 0 Å². The van der Waals surface area contributed by atoms with Crippen LogP contribution in [-0.2, 0) is 22.6 Å². The number of fused-ring (bicyclic) bond motifs is 1. The third kappa shape index (κ3) is 4.99. The molecule has 0 saturated heterocycles. The van der Waals surface area contributed by atoms with Crippen molar-refractivity contribution in [2.75, 3.05) is 16.2 Å². The van der Waals surface area contributed by atoms with Crippen LogP contribution in [-0.4, -0.2) is 31.9 Å². The SMILES string of the molecule is O=C(O)c1ccc(NC(=O)c2ccc3c(c2)N(S(=O)(=O)c2cccc(C(F)(F)F)c2)CCC3)cc1. The van der Waals surface area contributed by atoms with Crippen molar-refractivity contribution in [3.8, 4) is 0 Å². The fourth-order valence-electron chi connectivity index (χ4n) is 3.79. The summed E-state index contributed by atoms with van der Waals surface area (Å²) >= 11 is 0. The predicted molar refractivity (Wildman–Crippen MR) is 122 cm³/mol. The zero-order chi connectivity index (χ0) is 25.4. The summed E-state index contributed by atoms with van der Waals surface area (Å²) in [5, 5.41) is 11.6. The average molecular weight is 504 g/mol. The highest BCUT2D eigenvalue weighted by atomic mass is 32.2. The highest BCUT2D eigenvalue weighted by Gasteiger charge is 2.34. The Morgan fingerprint density at radius 2 is 1.63 bits per heavy atom. The first kappa shape index (κ1) is 24.3. The van der Waals surface area contributed by atoms with Crippen LogP contribution in [0.1, 0.15) is 38.3 Å². The molecule has 0 atom stereocenters. The number of hydrogen-bond donors (Lipinski definition) is 2. The Hall–Kier alpha value is -3.86. The van der Waals surface area contributed by atoms with Gasteiger partial charge in [0.2, 0.25) is 0 Å². The first-order chi connectivity index (χ1) is 16.5. The lowest BCUT2D eigenvalue weighted by Crippen LogP contribution is -2.36. The van der Waals surface area contributed by atoms with Crippen molar-refractivity contribution >= 4 is 33.3 Å². The van der Waals surface area contributed by atoms with Gasteiger partial charge in [0.25, 0.3) is 15.9 Å². The minimum absolute atomic E-state index is 0.0484. The van der Waals surface area contributed by atoms with Crippen LogP contribution in [0.15, 0.2) is 71.6 Å². The van der Waals surface area contributed by atoms with Gasteiger partial charge in [-0.2, -0.15) is 13.2 Å². The number of carboxylic acids is 1. The Balaban J connectivity index is 1.65. The predicted octanol–water partition coefficient (Wildman–Crippen LogP) is 4.80. The van der Waals surface area contributed by atoms with Crippen molar-refractivity contribution in [2.45, 2.75) is 23.9 Å². The molecule has 0 aliphatic carbocycles. The quantitative estimate of drug-likeness (QED) is 0.520. The molecule has 1 amide bonds. The summed E-state index contributed by atoms with van der Waals surface area (Å²) in [7, 11) is -4.33. The van der Waals surface area contributed by atoms with Gasteiger partial charge in [0, 0.05) is 17.8 Å². The average Bonchev–Trinajstić information content (AvgIpc) is 2.83. The molecule has 7 nitrogen and oxygen atoms in total. The molecule has 1 heterocycles. The van der Waals surface area contributed by atoms with Crippen LogP contribution in [0.5, 0.6) is 0 Å². The number of aryl methyl sites for hydroxylation is 1. The van der Waals surface area contributed by atoms with Gasteiger partial charge in [-0.05, 0) is 73.0 Å². The number of carbonyl (C=O) groups is 2. The summed E-state index contributed by atoms with van der Waals surface area (Å²) in [5.41, 5.74) is 0.324. The number of carboxylic acid groups (broad SMARTS) is 1. The highest BCUT2D eigenvalue weighted by molar-refractivity contribution is 7.92. The number of amides is 1. The molecule has 0 spiro atoms. The number of nitrogens with one attached hydrogen (secondary N) is 1. The number of nitrogens with zero attached hydrogens (tertiary/aromatic N) is 1. The topological polar surface area (TPSA) is 104 Å². The van der Waals surface area contributed by atoms with E-state index in [1.165, 1.54) is 36.4 Å². The van der Waals surface area contributed by atoms with Crippen LogP contribution in [0.25, 0.3) is 0 Å². The van der Waals surface area contributed by atoms with Crippen LogP contribution < -0.4 is 9.62 Å². The number of halogens is 3. The molecule has 4 rings (SSSR count). The minimum atomic E-state index is -4.70. The molecule has 1 aliphatic rings. The monoisotopic (exact) mass is 504 g/mol. The molecule has 0 radical (unpaired) electrons. The summed E-state index contributed by atoms with van der Waals surface area (Å²) in [6, 6.07) is 13.6. The maximum atomic E-state index is 13.3. The maximum Gasteiger partial charge on any atom is 0.416 e. The van der Waals surface area contributed by atoms with E-state index in [2.05, 4.69) is 5.32 Å². The van der Waals surface area contributed by atoms with Crippen molar-refractivity contribution in [1.29, 1.82) is 0 Å². The molecular formula is C24H19F3N2O5S. The first-order valence-electron chi connectivity index (χ1n) is 10.4. The number of aromatic carboxylic acids is 1. The fraction of sp³-hybridized carbons (Fsp3) is 0.167. The Bertz CT molecular complexity index is 1400. The molecular weight excluding hydrogens is 485 g/mol. The van der Waals surface area contributed by atoms with E-state index in [-0.39, 0.29) is 23.4 Å². The second-order valence-electron chi connectivity index (χ2n) is 7.89. The van der Waals surface area contributed by atoms with Crippen molar-refractivity contribution < 1.29 is 36.3 Å². The summed E-state index contributed by atoms with van der Waals surface area (Å²) in [5.74, 6) is -1.67. The molecule has 3 aromatic rings. The lowest BCUT2D eigenvalue weighted by molar-refractivity contribution is -0.137. The zero-order valence-electron chi connectivity index (χ0n) is 18.0. The summed E-state index contributed by atoms with van der Waals surface area (Å²) in [6.45, 7) is 0.0489. The molecule has 0 saturated carbocycles. The molecule has 0 aromatic heterocycles. The normalized spacial score (nSPS) is 13.7. The van der Waals surface area contributed by atoms with Crippen LogP contribution in [0.2, 0.25) is 0 Å². The molecule has 2 N–H and O–H groups in total. The number of hydrogen-bond acceptors (Lipinski definition) is 4. The van der Waals surface area contributed by atoms with Crippen LogP contribution >= 0.6 is 0 Å².